The van der Waals surface area contributed by atoms with Crippen LogP contribution in [0.5, 0.6) is 5.75 Å². The predicted molar refractivity (Wildman–Crippen MR) is 79.7 cm³/mol. The maximum Gasteiger partial charge on any atom is 0.120 e. The molecular weight excluding hydrogens is 244 g/mol. The van der Waals surface area contributed by atoms with E-state index in [4.69, 9.17) is 10.5 Å². The molecule has 100 valence electrons. The van der Waals surface area contributed by atoms with Crippen molar-refractivity contribution in [1.82, 2.24) is 0 Å². The zero-order valence-electron chi connectivity index (χ0n) is 11.1. The van der Waals surface area contributed by atoms with E-state index < -0.39 is 0 Å². The van der Waals surface area contributed by atoms with E-state index >= 15 is 0 Å². The largest absolute Gasteiger partial charge is 0.497 e. The Hall–Kier alpha value is -0.870. The van der Waals surface area contributed by atoms with Crippen molar-refractivity contribution in [3.8, 4) is 5.75 Å². The van der Waals surface area contributed by atoms with Gasteiger partial charge in [0.1, 0.15) is 5.75 Å². The van der Waals surface area contributed by atoms with E-state index in [2.05, 4.69) is 24.1 Å². The highest BCUT2D eigenvalue weighted by molar-refractivity contribution is 7.99. The summed E-state index contributed by atoms with van der Waals surface area (Å²) >= 11 is 2.04. The lowest BCUT2D eigenvalue weighted by Gasteiger charge is -2.33. The summed E-state index contributed by atoms with van der Waals surface area (Å²) < 4.78 is 5.28. The number of anilines is 1. The summed E-state index contributed by atoms with van der Waals surface area (Å²) in [5.74, 6) is 4.11. The van der Waals surface area contributed by atoms with Gasteiger partial charge in [-0.25, -0.2) is 0 Å². The molecule has 1 heterocycles. The molecule has 2 N–H and O–H groups in total. The third kappa shape index (κ3) is 2.93. The minimum Gasteiger partial charge on any atom is -0.497 e. The second-order valence-electron chi connectivity index (χ2n) is 4.74. The molecule has 18 heavy (non-hydrogen) atoms. The van der Waals surface area contributed by atoms with Crippen molar-refractivity contribution in [3.63, 3.8) is 0 Å². The van der Waals surface area contributed by atoms with Gasteiger partial charge >= 0.3 is 0 Å². The summed E-state index contributed by atoms with van der Waals surface area (Å²) in [7, 11) is 3.84. The fourth-order valence-corrected chi connectivity index (χ4v) is 3.87. The maximum absolute atomic E-state index is 5.98. The van der Waals surface area contributed by atoms with E-state index in [0.717, 1.165) is 5.75 Å². The smallest absolute Gasteiger partial charge is 0.120 e. The lowest BCUT2D eigenvalue weighted by atomic mass is 9.97. The fraction of sp³-hybridized carbons (Fsp3) is 0.571. The molecule has 2 atom stereocenters. The van der Waals surface area contributed by atoms with Gasteiger partial charge in [-0.2, -0.15) is 11.8 Å². The first-order valence-corrected chi connectivity index (χ1v) is 7.56. The number of nitrogens with two attached hydrogens (primary N) is 1. The van der Waals surface area contributed by atoms with Gasteiger partial charge in [-0.05, 0) is 36.0 Å². The lowest BCUT2D eigenvalue weighted by Crippen LogP contribution is -2.43. The zero-order valence-corrected chi connectivity index (χ0v) is 12.0. The van der Waals surface area contributed by atoms with Crippen LogP contribution in [-0.4, -0.2) is 38.2 Å². The van der Waals surface area contributed by atoms with Crippen LogP contribution in [0.3, 0.4) is 0 Å². The number of likely N-dealkylation sites (N-methyl/N-ethyl adjacent to an activating group) is 1. The average molecular weight is 266 g/mol. The molecule has 3 nitrogen and oxygen atoms in total. The molecule has 1 fully saturated rings. The van der Waals surface area contributed by atoms with E-state index in [0.29, 0.717) is 18.5 Å². The van der Waals surface area contributed by atoms with Gasteiger partial charge in [-0.3, -0.25) is 0 Å². The van der Waals surface area contributed by atoms with Crippen LogP contribution < -0.4 is 15.4 Å². The van der Waals surface area contributed by atoms with Crippen molar-refractivity contribution in [2.75, 3.05) is 37.1 Å². The second-order valence-corrected chi connectivity index (χ2v) is 5.89. The Labute approximate surface area is 114 Å². The van der Waals surface area contributed by atoms with Gasteiger partial charge in [-0.1, -0.05) is 6.07 Å². The monoisotopic (exact) mass is 266 g/mol. The molecule has 2 rings (SSSR count). The van der Waals surface area contributed by atoms with Gasteiger partial charge in [0.05, 0.1) is 7.11 Å². The molecule has 4 heteroatoms. The fourth-order valence-electron chi connectivity index (χ4n) is 2.54. The van der Waals surface area contributed by atoms with Crippen LogP contribution >= 0.6 is 11.8 Å². The summed E-state index contributed by atoms with van der Waals surface area (Å²) in [6.07, 6.45) is 1.28. The van der Waals surface area contributed by atoms with Crippen molar-refractivity contribution in [2.24, 2.45) is 11.7 Å². The molecule has 0 radical (unpaired) electrons. The molecule has 1 aromatic rings. The number of methoxy groups -OCH3 is 1. The van der Waals surface area contributed by atoms with Crippen LogP contribution in [0.4, 0.5) is 5.69 Å². The third-order valence-electron chi connectivity index (χ3n) is 3.71. The Morgan fingerprint density at radius 3 is 3.00 bits per heavy atom. The van der Waals surface area contributed by atoms with Crippen LogP contribution in [0.2, 0.25) is 0 Å². The normalized spacial score (nSPS) is 20.7. The predicted octanol–water partition coefficient (Wildman–Crippen LogP) is 2.21. The van der Waals surface area contributed by atoms with Gasteiger partial charge in [0.15, 0.2) is 0 Å². The van der Waals surface area contributed by atoms with Crippen molar-refractivity contribution >= 4 is 17.4 Å². The first kappa shape index (κ1) is 13.6. The molecule has 1 aromatic carbocycles. The number of hydrogen-bond acceptors (Lipinski definition) is 4. The second kappa shape index (κ2) is 6.34. The quantitative estimate of drug-likeness (QED) is 0.887. The standard InChI is InChI=1S/C14H22N2OS/c1-16(12-4-3-5-13(8-12)17-2)14(9-15)11-6-7-18-10-11/h3-5,8,11,14H,6-7,9-10,15H2,1-2H3. The Morgan fingerprint density at radius 2 is 2.39 bits per heavy atom. The summed E-state index contributed by atoms with van der Waals surface area (Å²) in [6, 6.07) is 8.62. The molecule has 0 spiro atoms. The minimum atomic E-state index is 0.423. The number of hydrogen-bond donors (Lipinski definition) is 1. The number of rotatable bonds is 5. The number of ether oxygens (including phenoxy) is 1. The molecule has 1 saturated heterocycles. The highest BCUT2D eigenvalue weighted by Crippen LogP contribution is 2.31. The maximum atomic E-state index is 5.98. The zero-order chi connectivity index (χ0) is 13.0. The number of nitrogens with zero attached hydrogens (tertiary/aromatic N) is 1. The van der Waals surface area contributed by atoms with Gasteiger partial charge in [0.2, 0.25) is 0 Å². The average Bonchev–Trinajstić information content (AvgIpc) is 2.93. The first-order chi connectivity index (χ1) is 8.76. The summed E-state index contributed by atoms with van der Waals surface area (Å²) in [6.45, 7) is 0.707. The summed E-state index contributed by atoms with van der Waals surface area (Å²) in [5, 5.41) is 0. The SMILES string of the molecule is COc1cccc(N(C)C(CN)C2CCSC2)c1. The molecule has 1 aliphatic rings. The molecule has 0 amide bonds. The Kier molecular flexibility index (Phi) is 4.78. The Bertz CT molecular complexity index is 380. The van der Waals surface area contributed by atoms with Gasteiger partial charge < -0.3 is 15.4 Å². The highest BCUT2D eigenvalue weighted by Gasteiger charge is 2.27. The number of benzene rings is 1. The van der Waals surface area contributed by atoms with Crippen molar-refractivity contribution in [1.29, 1.82) is 0 Å². The van der Waals surface area contributed by atoms with E-state index in [-0.39, 0.29) is 0 Å². The lowest BCUT2D eigenvalue weighted by molar-refractivity contribution is 0.413. The summed E-state index contributed by atoms with van der Waals surface area (Å²) in [4.78, 5) is 2.30. The van der Waals surface area contributed by atoms with Gasteiger partial charge in [-0.15, -0.1) is 0 Å². The third-order valence-corrected chi connectivity index (χ3v) is 4.90. The molecule has 0 aromatic heterocycles. The topological polar surface area (TPSA) is 38.5 Å². The molecule has 0 aliphatic carbocycles. The molecular formula is C14H22N2OS. The Morgan fingerprint density at radius 1 is 1.56 bits per heavy atom. The minimum absolute atomic E-state index is 0.423. The number of thioether (sulfide) groups is 1. The van der Waals surface area contributed by atoms with Crippen molar-refractivity contribution in [2.45, 2.75) is 12.5 Å². The molecule has 1 aliphatic heterocycles. The molecule has 2 unspecified atom stereocenters. The van der Waals surface area contributed by atoms with Gasteiger partial charge in [0.25, 0.3) is 0 Å². The van der Waals surface area contributed by atoms with E-state index in [1.54, 1.807) is 7.11 Å². The molecule has 0 saturated carbocycles. The van der Waals surface area contributed by atoms with Crippen LogP contribution in [0.1, 0.15) is 6.42 Å². The van der Waals surface area contributed by atoms with Crippen LogP contribution in [-0.2, 0) is 0 Å². The summed E-state index contributed by atoms with van der Waals surface area (Å²) in [5.41, 5.74) is 7.16. The van der Waals surface area contributed by atoms with Crippen molar-refractivity contribution in [3.05, 3.63) is 24.3 Å². The Balaban J connectivity index is 2.13. The van der Waals surface area contributed by atoms with E-state index in [1.165, 1.54) is 23.6 Å². The van der Waals surface area contributed by atoms with Crippen LogP contribution in [0.25, 0.3) is 0 Å². The first-order valence-electron chi connectivity index (χ1n) is 6.41. The van der Waals surface area contributed by atoms with Crippen molar-refractivity contribution < 1.29 is 4.74 Å². The van der Waals surface area contributed by atoms with Crippen LogP contribution in [0.15, 0.2) is 24.3 Å². The van der Waals surface area contributed by atoms with Crippen LogP contribution in [0, 0.1) is 5.92 Å². The van der Waals surface area contributed by atoms with Gasteiger partial charge in [0, 0.05) is 31.4 Å². The molecule has 0 bridgehead atoms. The van der Waals surface area contributed by atoms with E-state index in [1.807, 2.05) is 23.9 Å². The highest BCUT2D eigenvalue weighted by atomic mass is 32.2. The van der Waals surface area contributed by atoms with E-state index in [9.17, 15) is 0 Å².